The molecule has 0 saturated carbocycles. The van der Waals surface area contributed by atoms with Crippen molar-refractivity contribution in [3.63, 3.8) is 0 Å². The first-order valence-corrected chi connectivity index (χ1v) is 7.23. The SMILES string of the molecule is Cc1ccc(NC(=O)NCCc2cccc(C(F)(F)F)c2)cc1F. The van der Waals surface area contributed by atoms with Gasteiger partial charge in [-0.3, -0.25) is 0 Å². The van der Waals surface area contributed by atoms with Crippen LogP contribution in [0.15, 0.2) is 42.5 Å². The Kier molecular flexibility index (Phi) is 5.43. The zero-order valence-corrected chi connectivity index (χ0v) is 12.9. The highest BCUT2D eigenvalue weighted by Crippen LogP contribution is 2.29. The second kappa shape index (κ2) is 7.33. The minimum Gasteiger partial charge on any atom is -0.338 e. The summed E-state index contributed by atoms with van der Waals surface area (Å²) in [7, 11) is 0. The van der Waals surface area contributed by atoms with Crippen LogP contribution in [-0.4, -0.2) is 12.6 Å². The lowest BCUT2D eigenvalue weighted by molar-refractivity contribution is -0.137. The number of halogens is 4. The van der Waals surface area contributed by atoms with Crippen LogP contribution < -0.4 is 10.6 Å². The summed E-state index contributed by atoms with van der Waals surface area (Å²) in [6.45, 7) is 1.76. The molecule has 0 aromatic heterocycles. The molecule has 24 heavy (non-hydrogen) atoms. The summed E-state index contributed by atoms with van der Waals surface area (Å²) in [6, 6.07) is 8.67. The molecule has 0 spiro atoms. The zero-order chi connectivity index (χ0) is 17.7. The topological polar surface area (TPSA) is 41.1 Å². The molecule has 0 atom stereocenters. The summed E-state index contributed by atoms with van der Waals surface area (Å²) in [5, 5.41) is 4.98. The molecule has 0 bridgehead atoms. The number of aryl methyl sites for hydroxylation is 1. The fourth-order valence-electron chi connectivity index (χ4n) is 2.07. The Labute approximate surface area is 136 Å². The van der Waals surface area contributed by atoms with Gasteiger partial charge in [0.15, 0.2) is 0 Å². The highest BCUT2D eigenvalue weighted by Gasteiger charge is 2.30. The number of alkyl halides is 3. The lowest BCUT2D eigenvalue weighted by atomic mass is 10.1. The summed E-state index contributed by atoms with van der Waals surface area (Å²) >= 11 is 0. The Morgan fingerprint density at radius 2 is 1.88 bits per heavy atom. The van der Waals surface area contributed by atoms with Gasteiger partial charge in [-0.1, -0.05) is 24.3 Å². The number of hydrogen-bond donors (Lipinski definition) is 2. The first-order chi connectivity index (χ1) is 11.3. The molecular weight excluding hydrogens is 324 g/mol. The van der Waals surface area contributed by atoms with Gasteiger partial charge in [-0.05, 0) is 42.7 Å². The number of rotatable bonds is 4. The van der Waals surface area contributed by atoms with Gasteiger partial charge in [0.05, 0.1) is 5.56 Å². The number of hydrogen-bond acceptors (Lipinski definition) is 1. The van der Waals surface area contributed by atoms with E-state index in [0.717, 1.165) is 12.1 Å². The van der Waals surface area contributed by atoms with Crippen molar-refractivity contribution in [3.8, 4) is 0 Å². The van der Waals surface area contributed by atoms with Crippen molar-refractivity contribution in [2.45, 2.75) is 19.5 Å². The molecule has 0 heterocycles. The van der Waals surface area contributed by atoms with Gasteiger partial charge in [-0.15, -0.1) is 0 Å². The lowest BCUT2D eigenvalue weighted by Gasteiger charge is -2.10. The third kappa shape index (κ3) is 4.97. The van der Waals surface area contributed by atoms with E-state index in [9.17, 15) is 22.4 Å². The van der Waals surface area contributed by atoms with Crippen molar-refractivity contribution in [2.75, 3.05) is 11.9 Å². The molecule has 3 nitrogen and oxygen atoms in total. The fraction of sp³-hybridized carbons (Fsp3) is 0.235. The minimum atomic E-state index is -4.39. The van der Waals surface area contributed by atoms with E-state index in [1.54, 1.807) is 19.1 Å². The molecule has 0 saturated heterocycles. The van der Waals surface area contributed by atoms with E-state index < -0.39 is 23.6 Å². The Balaban J connectivity index is 1.85. The Morgan fingerprint density at radius 3 is 2.54 bits per heavy atom. The van der Waals surface area contributed by atoms with Gasteiger partial charge >= 0.3 is 12.2 Å². The largest absolute Gasteiger partial charge is 0.416 e. The quantitative estimate of drug-likeness (QED) is 0.790. The van der Waals surface area contributed by atoms with E-state index in [1.807, 2.05) is 0 Å². The normalized spacial score (nSPS) is 11.2. The van der Waals surface area contributed by atoms with Crippen LogP contribution in [-0.2, 0) is 12.6 Å². The standard InChI is InChI=1S/C17H16F4N2O/c1-11-5-6-14(10-15(11)18)23-16(24)22-8-7-12-3-2-4-13(9-12)17(19,20)21/h2-6,9-10H,7-8H2,1H3,(H2,22,23,24). The molecule has 2 N–H and O–H groups in total. The average Bonchev–Trinajstić information content (AvgIpc) is 2.50. The Morgan fingerprint density at radius 1 is 1.12 bits per heavy atom. The van der Waals surface area contributed by atoms with Crippen LogP contribution in [0.4, 0.5) is 28.0 Å². The molecule has 0 radical (unpaired) electrons. The van der Waals surface area contributed by atoms with Crippen LogP contribution in [0, 0.1) is 12.7 Å². The number of nitrogens with one attached hydrogen (secondary N) is 2. The fourth-order valence-corrected chi connectivity index (χ4v) is 2.07. The van der Waals surface area contributed by atoms with Gasteiger partial charge in [0.2, 0.25) is 0 Å². The molecule has 7 heteroatoms. The van der Waals surface area contributed by atoms with Crippen molar-refractivity contribution < 1.29 is 22.4 Å². The summed E-state index contributed by atoms with van der Waals surface area (Å²) in [6.07, 6.45) is -4.14. The van der Waals surface area contributed by atoms with E-state index in [1.165, 1.54) is 18.2 Å². The third-order valence-electron chi connectivity index (χ3n) is 3.38. The van der Waals surface area contributed by atoms with E-state index in [4.69, 9.17) is 0 Å². The maximum atomic E-state index is 13.4. The predicted molar refractivity (Wildman–Crippen MR) is 83.3 cm³/mol. The first-order valence-electron chi connectivity index (χ1n) is 7.23. The average molecular weight is 340 g/mol. The molecule has 0 unspecified atom stereocenters. The Hall–Kier alpha value is -2.57. The molecule has 0 aliphatic rings. The van der Waals surface area contributed by atoms with Crippen LogP contribution in [0.25, 0.3) is 0 Å². The van der Waals surface area contributed by atoms with E-state index in [2.05, 4.69) is 10.6 Å². The first kappa shape index (κ1) is 17.8. The molecule has 0 aliphatic heterocycles. The summed E-state index contributed by atoms with van der Waals surface area (Å²) in [5.74, 6) is -0.434. The maximum absolute atomic E-state index is 13.4. The van der Waals surface area contributed by atoms with Crippen molar-refractivity contribution in [3.05, 3.63) is 65.0 Å². The molecule has 2 aromatic rings. The minimum absolute atomic E-state index is 0.154. The molecule has 128 valence electrons. The van der Waals surface area contributed by atoms with Crippen LogP contribution >= 0.6 is 0 Å². The maximum Gasteiger partial charge on any atom is 0.416 e. The number of carbonyl (C=O) groups excluding carboxylic acids is 1. The van der Waals surface area contributed by atoms with E-state index in [-0.39, 0.29) is 13.0 Å². The number of urea groups is 1. The lowest BCUT2D eigenvalue weighted by Crippen LogP contribution is -2.30. The molecular formula is C17H16F4N2O. The van der Waals surface area contributed by atoms with Crippen LogP contribution in [0.1, 0.15) is 16.7 Å². The Bertz CT molecular complexity index is 729. The van der Waals surface area contributed by atoms with Crippen molar-refractivity contribution in [2.24, 2.45) is 0 Å². The second-order valence-corrected chi connectivity index (χ2v) is 5.29. The second-order valence-electron chi connectivity index (χ2n) is 5.29. The number of anilines is 1. The van der Waals surface area contributed by atoms with Crippen molar-refractivity contribution in [1.82, 2.24) is 5.32 Å². The number of benzene rings is 2. The molecule has 2 rings (SSSR count). The number of carbonyl (C=O) groups is 1. The van der Waals surface area contributed by atoms with Gasteiger partial charge < -0.3 is 10.6 Å². The van der Waals surface area contributed by atoms with Crippen molar-refractivity contribution >= 4 is 11.7 Å². The van der Waals surface area contributed by atoms with E-state index in [0.29, 0.717) is 16.8 Å². The third-order valence-corrected chi connectivity index (χ3v) is 3.38. The van der Waals surface area contributed by atoms with Crippen LogP contribution in [0.3, 0.4) is 0 Å². The summed E-state index contributed by atoms with van der Waals surface area (Å²) in [4.78, 5) is 11.7. The molecule has 2 aromatic carbocycles. The number of amides is 2. The molecule has 0 aliphatic carbocycles. The van der Waals surface area contributed by atoms with Gasteiger partial charge in [0, 0.05) is 12.2 Å². The smallest absolute Gasteiger partial charge is 0.338 e. The van der Waals surface area contributed by atoms with Crippen LogP contribution in [0.5, 0.6) is 0 Å². The van der Waals surface area contributed by atoms with E-state index >= 15 is 0 Å². The van der Waals surface area contributed by atoms with Gasteiger partial charge in [0.25, 0.3) is 0 Å². The van der Waals surface area contributed by atoms with Crippen molar-refractivity contribution in [1.29, 1.82) is 0 Å². The molecule has 2 amide bonds. The van der Waals surface area contributed by atoms with Crippen LogP contribution in [0.2, 0.25) is 0 Å². The highest BCUT2D eigenvalue weighted by atomic mass is 19.4. The van der Waals surface area contributed by atoms with Gasteiger partial charge in [-0.25, -0.2) is 9.18 Å². The molecule has 0 fully saturated rings. The highest BCUT2D eigenvalue weighted by molar-refractivity contribution is 5.89. The summed E-state index contributed by atoms with van der Waals surface area (Å²) < 4.78 is 51.2. The zero-order valence-electron chi connectivity index (χ0n) is 12.9. The predicted octanol–water partition coefficient (Wildman–Crippen LogP) is 4.52. The van der Waals surface area contributed by atoms with Gasteiger partial charge in [0.1, 0.15) is 5.82 Å². The summed E-state index contributed by atoms with van der Waals surface area (Å²) in [5.41, 5.74) is 0.506. The van der Waals surface area contributed by atoms with Gasteiger partial charge in [-0.2, -0.15) is 13.2 Å². The monoisotopic (exact) mass is 340 g/mol.